The highest BCUT2D eigenvalue weighted by Gasteiger charge is 2.30. The lowest BCUT2D eigenvalue weighted by Gasteiger charge is -2.22. The number of hydrogen-bond acceptors (Lipinski definition) is 4. The largest absolute Gasteiger partial charge is 0.327 e. The topological polar surface area (TPSA) is 58.4 Å². The molecule has 1 fully saturated rings. The fourth-order valence-electron chi connectivity index (χ4n) is 3.93. The van der Waals surface area contributed by atoms with Crippen LogP contribution in [0.25, 0.3) is 11.0 Å². The average molecular weight is 445 g/mol. The fourth-order valence-corrected chi connectivity index (χ4v) is 4.85. The van der Waals surface area contributed by atoms with Crippen LogP contribution in [0.4, 0.5) is 4.39 Å². The summed E-state index contributed by atoms with van der Waals surface area (Å²) >= 11 is 0. The first-order chi connectivity index (χ1) is 14.8. The maximum absolute atomic E-state index is 13.7. The van der Waals surface area contributed by atoms with Crippen molar-refractivity contribution >= 4 is 21.1 Å². The van der Waals surface area contributed by atoms with E-state index < -0.39 is 10.0 Å². The Labute approximate surface area is 183 Å². The minimum absolute atomic E-state index is 0.221. The molecule has 1 saturated carbocycles. The van der Waals surface area contributed by atoms with E-state index in [1.54, 1.807) is 24.3 Å². The third-order valence-electron chi connectivity index (χ3n) is 5.71. The zero-order valence-corrected chi connectivity index (χ0v) is 19.1. The van der Waals surface area contributed by atoms with Crippen molar-refractivity contribution in [2.75, 3.05) is 14.1 Å². The molecule has 1 aliphatic rings. The molecule has 0 bridgehead atoms. The zero-order valence-electron chi connectivity index (χ0n) is 18.3. The Morgan fingerprint density at radius 2 is 1.90 bits per heavy atom. The van der Waals surface area contributed by atoms with E-state index in [-0.39, 0.29) is 10.7 Å². The Hall–Kier alpha value is -2.29. The van der Waals surface area contributed by atoms with Gasteiger partial charge in [0.05, 0.1) is 22.5 Å². The molecule has 0 N–H and O–H groups in total. The number of sulfonamides is 1. The van der Waals surface area contributed by atoms with E-state index in [0.29, 0.717) is 24.6 Å². The van der Waals surface area contributed by atoms with Gasteiger partial charge in [0.2, 0.25) is 10.0 Å². The lowest BCUT2D eigenvalue weighted by Crippen LogP contribution is -2.27. The monoisotopic (exact) mass is 444 g/mol. The van der Waals surface area contributed by atoms with Crippen LogP contribution in [0.5, 0.6) is 0 Å². The van der Waals surface area contributed by atoms with E-state index in [0.717, 1.165) is 42.7 Å². The molecular formula is C23H29FN4O2S. The van der Waals surface area contributed by atoms with Gasteiger partial charge in [-0.1, -0.05) is 19.1 Å². The van der Waals surface area contributed by atoms with Crippen LogP contribution in [0.3, 0.4) is 0 Å². The second-order valence-corrected chi connectivity index (χ2v) is 10.5. The van der Waals surface area contributed by atoms with Gasteiger partial charge in [0.15, 0.2) is 0 Å². The normalized spacial score (nSPS) is 14.8. The maximum Gasteiger partial charge on any atom is 0.242 e. The Balaban J connectivity index is 1.68. The molecule has 4 rings (SSSR count). The minimum atomic E-state index is -3.52. The molecule has 0 radical (unpaired) electrons. The van der Waals surface area contributed by atoms with Gasteiger partial charge in [-0.25, -0.2) is 22.1 Å². The molecule has 0 spiro atoms. The number of aryl methyl sites for hydroxylation is 1. The van der Waals surface area contributed by atoms with Crippen molar-refractivity contribution in [1.82, 2.24) is 18.8 Å². The van der Waals surface area contributed by atoms with Crippen molar-refractivity contribution in [1.29, 1.82) is 0 Å². The number of halogens is 1. The van der Waals surface area contributed by atoms with Crippen LogP contribution in [-0.2, 0) is 29.7 Å². The van der Waals surface area contributed by atoms with Crippen LogP contribution in [-0.4, -0.2) is 47.3 Å². The predicted octanol–water partition coefficient (Wildman–Crippen LogP) is 4.00. The molecule has 0 unspecified atom stereocenters. The first kappa shape index (κ1) is 21.9. The number of benzene rings is 2. The minimum Gasteiger partial charge on any atom is -0.327 e. The van der Waals surface area contributed by atoms with Gasteiger partial charge in [0.25, 0.3) is 0 Å². The molecule has 31 heavy (non-hydrogen) atoms. The molecule has 166 valence electrons. The summed E-state index contributed by atoms with van der Waals surface area (Å²) in [7, 11) is -0.461. The molecule has 0 saturated heterocycles. The highest BCUT2D eigenvalue weighted by Crippen LogP contribution is 2.31. The summed E-state index contributed by atoms with van der Waals surface area (Å²) in [5.74, 6) is 0.695. The van der Waals surface area contributed by atoms with Crippen LogP contribution in [0, 0.1) is 5.82 Å². The smallest absolute Gasteiger partial charge is 0.242 e. The van der Waals surface area contributed by atoms with Crippen LogP contribution < -0.4 is 0 Å². The Kier molecular flexibility index (Phi) is 6.14. The number of fused-ring (bicyclic) bond motifs is 1. The molecule has 1 aromatic heterocycles. The highest BCUT2D eigenvalue weighted by atomic mass is 32.2. The fraction of sp³-hybridized carbons (Fsp3) is 0.435. The van der Waals surface area contributed by atoms with E-state index in [4.69, 9.17) is 4.98 Å². The zero-order chi connectivity index (χ0) is 22.2. The number of hydrogen-bond donors (Lipinski definition) is 0. The highest BCUT2D eigenvalue weighted by molar-refractivity contribution is 7.89. The number of imidazole rings is 1. The Morgan fingerprint density at radius 3 is 2.55 bits per heavy atom. The first-order valence-corrected chi connectivity index (χ1v) is 12.1. The van der Waals surface area contributed by atoms with Crippen molar-refractivity contribution in [2.24, 2.45) is 0 Å². The maximum atomic E-state index is 13.7. The van der Waals surface area contributed by atoms with Crippen molar-refractivity contribution in [3.8, 4) is 0 Å². The van der Waals surface area contributed by atoms with Crippen molar-refractivity contribution < 1.29 is 12.8 Å². The van der Waals surface area contributed by atoms with Crippen LogP contribution in [0.15, 0.2) is 47.4 Å². The average Bonchev–Trinajstić information content (AvgIpc) is 3.51. The molecule has 6 nitrogen and oxygen atoms in total. The SMILES string of the molecule is CCCn1c(CN(Cc2cccc(F)c2)C2CC2)nc2cc(S(=O)(=O)N(C)C)ccc21. The standard InChI is InChI=1S/C23H29FN4O2S/c1-4-12-28-22-11-10-20(31(29,30)26(2)3)14-21(22)25-23(28)16-27(19-8-9-19)15-17-6-5-7-18(24)13-17/h5-7,10-11,13-14,19H,4,8-9,12,15-16H2,1-3H3. The molecule has 3 aromatic rings. The molecule has 0 atom stereocenters. The second kappa shape index (κ2) is 8.68. The van der Waals surface area contributed by atoms with Gasteiger partial charge >= 0.3 is 0 Å². The quantitative estimate of drug-likeness (QED) is 0.501. The second-order valence-electron chi connectivity index (χ2n) is 8.38. The summed E-state index contributed by atoms with van der Waals surface area (Å²) < 4.78 is 42.2. The van der Waals surface area contributed by atoms with Gasteiger partial charge in [0.1, 0.15) is 11.6 Å². The Bertz CT molecular complexity index is 1190. The number of rotatable bonds is 9. The van der Waals surface area contributed by atoms with Crippen molar-refractivity contribution in [3.63, 3.8) is 0 Å². The summed E-state index contributed by atoms with van der Waals surface area (Å²) in [5.41, 5.74) is 2.58. The third-order valence-corrected chi connectivity index (χ3v) is 7.52. The predicted molar refractivity (Wildman–Crippen MR) is 120 cm³/mol. The molecule has 1 heterocycles. The van der Waals surface area contributed by atoms with Crippen LogP contribution >= 0.6 is 0 Å². The first-order valence-electron chi connectivity index (χ1n) is 10.7. The molecule has 8 heteroatoms. The van der Waals surface area contributed by atoms with Crippen molar-refractivity contribution in [3.05, 3.63) is 59.7 Å². The van der Waals surface area contributed by atoms with Gasteiger partial charge in [0, 0.05) is 33.2 Å². The summed E-state index contributed by atoms with van der Waals surface area (Å²) in [5, 5.41) is 0. The van der Waals surface area contributed by atoms with Gasteiger partial charge in [-0.15, -0.1) is 0 Å². The van der Waals surface area contributed by atoms with Gasteiger partial charge in [-0.2, -0.15) is 0 Å². The van der Waals surface area contributed by atoms with Crippen LogP contribution in [0.2, 0.25) is 0 Å². The Morgan fingerprint density at radius 1 is 1.13 bits per heavy atom. The number of aromatic nitrogens is 2. The third kappa shape index (κ3) is 4.66. The molecule has 1 aliphatic carbocycles. The van der Waals surface area contributed by atoms with Gasteiger partial charge in [-0.05, 0) is 55.2 Å². The van der Waals surface area contributed by atoms with Crippen LogP contribution in [0.1, 0.15) is 37.6 Å². The summed E-state index contributed by atoms with van der Waals surface area (Å²) in [4.78, 5) is 7.43. The lowest BCUT2D eigenvalue weighted by atomic mass is 10.2. The summed E-state index contributed by atoms with van der Waals surface area (Å²) in [6.45, 7) is 4.24. The molecular weight excluding hydrogens is 415 g/mol. The van der Waals surface area contributed by atoms with E-state index in [1.807, 2.05) is 12.1 Å². The van der Waals surface area contributed by atoms with Crippen molar-refractivity contribution in [2.45, 2.75) is 56.8 Å². The van der Waals surface area contributed by atoms with Gasteiger partial charge in [-0.3, -0.25) is 4.90 Å². The molecule has 2 aromatic carbocycles. The van der Waals surface area contributed by atoms with E-state index in [9.17, 15) is 12.8 Å². The number of nitrogens with zero attached hydrogens (tertiary/aromatic N) is 4. The molecule has 0 aliphatic heterocycles. The van der Waals surface area contributed by atoms with E-state index in [2.05, 4.69) is 16.4 Å². The summed E-state index contributed by atoms with van der Waals surface area (Å²) in [6.07, 6.45) is 3.21. The molecule has 0 amide bonds. The van der Waals surface area contributed by atoms with Gasteiger partial charge < -0.3 is 4.57 Å². The lowest BCUT2D eigenvalue weighted by molar-refractivity contribution is 0.236. The summed E-state index contributed by atoms with van der Waals surface area (Å²) in [6, 6.07) is 12.4. The van der Waals surface area contributed by atoms with E-state index in [1.165, 1.54) is 24.5 Å². The van der Waals surface area contributed by atoms with E-state index >= 15 is 0 Å².